The van der Waals surface area contributed by atoms with Crippen LogP contribution >= 0.6 is 0 Å². The van der Waals surface area contributed by atoms with Crippen molar-refractivity contribution in [2.24, 2.45) is 0 Å². The predicted molar refractivity (Wildman–Crippen MR) is 126 cm³/mol. The van der Waals surface area contributed by atoms with E-state index in [0.29, 0.717) is 0 Å². The van der Waals surface area contributed by atoms with Crippen molar-refractivity contribution in [1.29, 1.82) is 0 Å². The zero-order chi connectivity index (χ0) is 20.6. The summed E-state index contributed by atoms with van der Waals surface area (Å²) in [7, 11) is 0. The van der Waals surface area contributed by atoms with Crippen molar-refractivity contribution in [3.05, 3.63) is 144 Å². The first-order valence-corrected chi connectivity index (χ1v) is 9.99. The molecule has 2 aliphatic rings. The Balaban J connectivity index is 2.25. The van der Waals surface area contributed by atoms with Crippen molar-refractivity contribution in [2.45, 2.75) is 19.3 Å². The summed E-state index contributed by atoms with van der Waals surface area (Å²) in [5.74, 6) is 0. The fourth-order valence-corrected chi connectivity index (χ4v) is 4.95. The molecule has 0 heterocycles. The lowest BCUT2D eigenvalue weighted by Gasteiger charge is -2.33. The number of hydrogen-bond acceptors (Lipinski definition) is 0. The van der Waals surface area contributed by atoms with Crippen molar-refractivity contribution in [2.75, 3.05) is 0 Å². The van der Waals surface area contributed by atoms with Gasteiger partial charge in [-0.15, -0.1) is 0 Å². The smallest absolute Gasteiger partial charge is 0.0725 e. The van der Waals surface area contributed by atoms with Gasteiger partial charge in [-0.3, -0.25) is 0 Å². The maximum absolute atomic E-state index is 4.17. The minimum absolute atomic E-state index is 0.378. The van der Waals surface area contributed by atoms with Crippen molar-refractivity contribution in [1.82, 2.24) is 0 Å². The molecule has 0 saturated heterocycles. The molecule has 0 saturated carbocycles. The van der Waals surface area contributed by atoms with Crippen LogP contribution in [-0.2, 0) is 5.41 Å². The van der Waals surface area contributed by atoms with E-state index in [0.717, 1.165) is 11.1 Å². The number of allylic oxidation sites excluding steroid dienone is 11. The minimum atomic E-state index is -0.378. The van der Waals surface area contributed by atoms with Gasteiger partial charge >= 0.3 is 0 Å². The Labute approximate surface area is 174 Å². The third kappa shape index (κ3) is 2.53. The van der Waals surface area contributed by atoms with Crippen LogP contribution in [0.5, 0.6) is 0 Å². The second-order valence-electron chi connectivity index (χ2n) is 7.72. The van der Waals surface area contributed by atoms with Crippen LogP contribution in [0.2, 0.25) is 0 Å². The molecule has 0 aliphatic heterocycles. The number of rotatable bonds is 5. The third-order valence-electron chi connectivity index (χ3n) is 5.87. The molecule has 1 spiro atoms. The van der Waals surface area contributed by atoms with E-state index >= 15 is 0 Å². The molecule has 0 nitrogen and oxygen atoms in total. The molecule has 29 heavy (non-hydrogen) atoms. The molecule has 0 fully saturated rings. The van der Waals surface area contributed by atoms with Crippen LogP contribution in [0.3, 0.4) is 0 Å². The van der Waals surface area contributed by atoms with Crippen LogP contribution in [0.4, 0.5) is 0 Å². The standard InChI is InChI=1S/C29H26/c1-6-9-16-25-21(7-2)22(8-3)28(19-20(4)5)29(25)26-17-12-10-14-23(26)24-15-11-13-18-27(24)29/h6-19H,1-3H2,4-5H3/b16-9-. The molecule has 0 aromatic heterocycles. The van der Waals surface area contributed by atoms with Crippen LogP contribution in [0, 0.1) is 0 Å². The molecule has 0 heteroatoms. The molecule has 142 valence electrons. The maximum atomic E-state index is 4.17. The molecule has 2 aliphatic carbocycles. The SMILES string of the molecule is C=C/C=C\C1=C(C=C)C(C=C)=C(C=C(C)C)C12c1ccccc1-c1ccccc12. The van der Waals surface area contributed by atoms with Gasteiger partial charge in [-0.05, 0) is 58.4 Å². The van der Waals surface area contributed by atoms with Crippen molar-refractivity contribution >= 4 is 0 Å². The number of hydrogen-bond donors (Lipinski definition) is 0. The van der Waals surface area contributed by atoms with E-state index in [9.17, 15) is 0 Å². The highest BCUT2D eigenvalue weighted by molar-refractivity contribution is 5.90. The molecular weight excluding hydrogens is 348 g/mol. The first-order valence-electron chi connectivity index (χ1n) is 9.99. The lowest BCUT2D eigenvalue weighted by Crippen LogP contribution is -2.27. The van der Waals surface area contributed by atoms with Crippen molar-refractivity contribution in [3.63, 3.8) is 0 Å². The molecule has 2 aromatic rings. The summed E-state index contributed by atoms with van der Waals surface area (Å²) in [4.78, 5) is 0. The first kappa shape index (κ1) is 19.0. The van der Waals surface area contributed by atoms with Crippen LogP contribution in [0.15, 0.2) is 133 Å². The van der Waals surface area contributed by atoms with Crippen molar-refractivity contribution < 1.29 is 0 Å². The van der Waals surface area contributed by atoms with Crippen molar-refractivity contribution in [3.8, 4) is 11.1 Å². The Kier molecular flexibility index (Phi) is 4.72. The topological polar surface area (TPSA) is 0 Å². The van der Waals surface area contributed by atoms with Gasteiger partial charge < -0.3 is 0 Å². The molecule has 0 bridgehead atoms. The van der Waals surface area contributed by atoms with E-state index in [4.69, 9.17) is 0 Å². The van der Waals surface area contributed by atoms with Gasteiger partial charge in [0.05, 0.1) is 5.41 Å². The second kappa shape index (κ2) is 7.22. The zero-order valence-electron chi connectivity index (χ0n) is 17.2. The minimum Gasteiger partial charge on any atom is -0.0991 e. The molecule has 0 atom stereocenters. The molecule has 0 amide bonds. The highest BCUT2D eigenvalue weighted by Gasteiger charge is 2.51. The van der Waals surface area contributed by atoms with Gasteiger partial charge in [0.2, 0.25) is 0 Å². The normalized spacial score (nSPS) is 16.2. The first-order chi connectivity index (χ1) is 14.1. The summed E-state index contributed by atoms with van der Waals surface area (Å²) in [6, 6.07) is 17.5. The molecule has 4 rings (SSSR count). The lowest BCUT2D eigenvalue weighted by molar-refractivity contribution is 0.777. The van der Waals surface area contributed by atoms with Gasteiger partial charge in [0.1, 0.15) is 0 Å². The number of fused-ring (bicyclic) bond motifs is 5. The Hall–Kier alpha value is -3.38. The summed E-state index contributed by atoms with van der Waals surface area (Å²) >= 11 is 0. The summed E-state index contributed by atoms with van der Waals surface area (Å²) in [5, 5.41) is 0. The Morgan fingerprint density at radius 2 is 1.28 bits per heavy atom. The van der Waals surface area contributed by atoms with Crippen LogP contribution < -0.4 is 0 Å². The maximum Gasteiger partial charge on any atom is 0.0725 e. The Morgan fingerprint density at radius 3 is 1.76 bits per heavy atom. The van der Waals surface area contributed by atoms with E-state index in [1.165, 1.54) is 39.0 Å². The van der Waals surface area contributed by atoms with E-state index < -0.39 is 0 Å². The molecule has 0 unspecified atom stereocenters. The van der Waals surface area contributed by atoms with Gasteiger partial charge in [-0.1, -0.05) is 110 Å². The zero-order valence-corrected chi connectivity index (χ0v) is 17.2. The van der Waals surface area contributed by atoms with Crippen LogP contribution in [-0.4, -0.2) is 0 Å². The van der Waals surface area contributed by atoms with Gasteiger partial charge in [0.25, 0.3) is 0 Å². The largest absolute Gasteiger partial charge is 0.0991 e. The van der Waals surface area contributed by atoms with Gasteiger partial charge in [0.15, 0.2) is 0 Å². The van der Waals surface area contributed by atoms with Crippen LogP contribution in [0.25, 0.3) is 11.1 Å². The Morgan fingerprint density at radius 1 is 0.759 bits per heavy atom. The average Bonchev–Trinajstić information content (AvgIpc) is 3.17. The highest BCUT2D eigenvalue weighted by atomic mass is 14.5. The van der Waals surface area contributed by atoms with E-state index in [1.54, 1.807) is 0 Å². The Bertz CT molecular complexity index is 1110. The molecule has 0 radical (unpaired) electrons. The summed E-state index contributed by atoms with van der Waals surface area (Å²) in [6.45, 7) is 16.5. The summed E-state index contributed by atoms with van der Waals surface area (Å²) < 4.78 is 0. The van der Waals surface area contributed by atoms with Gasteiger partial charge in [-0.2, -0.15) is 0 Å². The fraction of sp³-hybridized carbons (Fsp3) is 0.103. The molecular formula is C29H26. The van der Waals surface area contributed by atoms with Gasteiger partial charge in [-0.25, -0.2) is 0 Å². The molecule has 2 aromatic carbocycles. The quantitative estimate of drug-likeness (QED) is 0.472. The van der Waals surface area contributed by atoms with Gasteiger partial charge in [0, 0.05) is 0 Å². The number of benzene rings is 2. The van der Waals surface area contributed by atoms with E-state index in [-0.39, 0.29) is 5.41 Å². The second-order valence-corrected chi connectivity index (χ2v) is 7.72. The molecule has 0 N–H and O–H groups in total. The van der Waals surface area contributed by atoms with E-state index in [2.05, 4.69) is 94.3 Å². The third-order valence-corrected chi connectivity index (χ3v) is 5.87. The van der Waals surface area contributed by atoms with E-state index in [1.807, 2.05) is 24.3 Å². The highest BCUT2D eigenvalue weighted by Crippen LogP contribution is 2.62. The summed E-state index contributed by atoms with van der Waals surface area (Å²) in [6.07, 6.45) is 12.3. The average molecular weight is 375 g/mol. The van der Waals surface area contributed by atoms with Crippen LogP contribution in [0.1, 0.15) is 25.0 Å². The monoisotopic (exact) mass is 374 g/mol. The predicted octanol–water partition coefficient (Wildman–Crippen LogP) is 7.64. The lowest BCUT2D eigenvalue weighted by atomic mass is 9.68. The summed E-state index contributed by atoms with van der Waals surface area (Å²) in [5.41, 5.74) is 10.9. The fourth-order valence-electron chi connectivity index (χ4n) is 4.95.